The quantitative estimate of drug-likeness (QED) is 0.269. The minimum atomic E-state index is 0. The second-order valence-electron chi connectivity index (χ2n) is 7.42. The van der Waals surface area contributed by atoms with E-state index < -0.39 is 0 Å². The van der Waals surface area contributed by atoms with Crippen LogP contribution < -0.4 is 0 Å². The van der Waals surface area contributed by atoms with E-state index in [1.165, 1.54) is 24.0 Å². The van der Waals surface area contributed by atoms with Gasteiger partial charge in [-0.3, -0.25) is 0 Å². The van der Waals surface area contributed by atoms with Crippen LogP contribution in [0.3, 0.4) is 0 Å². The van der Waals surface area contributed by atoms with Gasteiger partial charge in [-0.2, -0.15) is 48.2 Å². The summed E-state index contributed by atoms with van der Waals surface area (Å²) in [6.07, 6.45) is 4.95. The molecule has 0 fully saturated rings. The Bertz CT molecular complexity index is 337. The Kier molecular flexibility index (Phi) is 24.7. The summed E-state index contributed by atoms with van der Waals surface area (Å²) in [7, 11) is 0. The molecule has 24 heavy (non-hydrogen) atoms. The Labute approximate surface area is 182 Å². The zero-order chi connectivity index (χ0) is 16.4. The minimum Gasteiger partial charge on any atom is -0.328 e. The summed E-state index contributed by atoms with van der Waals surface area (Å²) in [5, 5.41) is 0. The molecule has 1 rings (SSSR count). The maximum atomic E-state index is 3.44. The molecule has 0 aliphatic heterocycles. The van der Waals surface area contributed by atoms with E-state index in [0.717, 1.165) is 11.8 Å². The van der Waals surface area contributed by atoms with Gasteiger partial charge in [-0.25, -0.2) is 0 Å². The molecule has 1 aromatic rings. The standard InChI is InChI=1S/C12H17.C9H19.CH4.2Pt/c1-9(2)11-6-5-7-12(8-11)10(3)4;1-8(2)6-5-7-9(3)4;;;/h5-7,9-10H,1-4H3;5,8-9H,6-7H2,1-4H3;1H4;;/q2*-1;;;. The third kappa shape index (κ3) is 17.4. The van der Waals surface area contributed by atoms with E-state index in [-0.39, 0.29) is 49.6 Å². The van der Waals surface area contributed by atoms with Crippen molar-refractivity contribution < 1.29 is 42.1 Å². The van der Waals surface area contributed by atoms with Gasteiger partial charge < -0.3 is 6.42 Å². The Morgan fingerprint density at radius 3 is 1.33 bits per heavy atom. The van der Waals surface area contributed by atoms with Crippen LogP contribution in [0.4, 0.5) is 0 Å². The smallest absolute Gasteiger partial charge is 0 e. The fourth-order valence-corrected chi connectivity index (χ4v) is 1.94. The van der Waals surface area contributed by atoms with Crippen LogP contribution in [0.5, 0.6) is 0 Å². The van der Waals surface area contributed by atoms with Crippen molar-refractivity contribution in [1.82, 2.24) is 0 Å². The molecule has 0 nitrogen and oxygen atoms in total. The number of benzene rings is 1. The molecule has 0 saturated carbocycles. The fourth-order valence-electron chi connectivity index (χ4n) is 1.94. The van der Waals surface area contributed by atoms with Crippen molar-refractivity contribution >= 4 is 0 Å². The molecule has 150 valence electrons. The number of rotatable bonds is 6. The Hall–Kier alpha value is 0.597. The van der Waals surface area contributed by atoms with E-state index in [1.54, 1.807) is 0 Å². The summed E-state index contributed by atoms with van der Waals surface area (Å²) >= 11 is 0. The molecule has 0 radical (unpaired) electrons. The SMILES string of the molecule is C.CC(C)C[CH-]CC(C)C.CC(C)c1[c-]c(C(C)C)ccc1.[Pt].[Pt]. The van der Waals surface area contributed by atoms with Crippen LogP contribution >= 0.6 is 0 Å². The molecule has 0 amide bonds. The first kappa shape index (κ1) is 32.3. The van der Waals surface area contributed by atoms with Crippen LogP contribution in [-0.4, -0.2) is 0 Å². The molecule has 0 N–H and O–H groups in total. The summed E-state index contributed by atoms with van der Waals surface area (Å²) in [5.74, 6) is 2.85. The fraction of sp³-hybridized carbons (Fsp3) is 0.682. The van der Waals surface area contributed by atoms with Gasteiger partial charge in [-0.15, -0.1) is 0 Å². The van der Waals surface area contributed by atoms with Gasteiger partial charge in [0.15, 0.2) is 0 Å². The first-order valence-corrected chi connectivity index (χ1v) is 8.57. The molecule has 0 bridgehead atoms. The summed E-state index contributed by atoms with van der Waals surface area (Å²) < 4.78 is 0. The predicted molar refractivity (Wildman–Crippen MR) is 103 cm³/mol. The molecular formula is C22H40Pt2-2. The van der Waals surface area contributed by atoms with Crippen LogP contribution in [0.15, 0.2) is 18.2 Å². The molecule has 2 heteroatoms. The second-order valence-corrected chi connectivity index (χ2v) is 7.42. The average Bonchev–Trinajstić information content (AvgIpc) is 2.38. The van der Waals surface area contributed by atoms with E-state index in [2.05, 4.69) is 86.1 Å². The van der Waals surface area contributed by atoms with Gasteiger partial charge in [0.2, 0.25) is 0 Å². The summed E-state index contributed by atoms with van der Waals surface area (Å²) in [5.41, 5.74) is 2.64. The molecule has 1 aromatic carbocycles. The van der Waals surface area contributed by atoms with Crippen molar-refractivity contribution in [2.24, 2.45) is 11.8 Å². The third-order valence-corrected chi connectivity index (χ3v) is 3.36. The van der Waals surface area contributed by atoms with Gasteiger partial charge >= 0.3 is 0 Å². The topological polar surface area (TPSA) is 0 Å². The molecule has 0 aromatic heterocycles. The zero-order valence-corrected chi connectivity index (χ0v) is 20.7. The molecule has 0 aliphatic carbocycles. The molecule has 0 atom stereocenters. The maximum Gasteiger partial charge on any atom is 0 e. The maximum absolute atomic E-state index is 3.44. The van der Waals surface area contributed by atoms with Crippen LogP contribution in [-0.2, 0) is 42.1 Å². The third-order valence-electron chi connectivity index (χ3n) is 3.36. The Morgan fingerprint density at radius 2 is 1.08 bits per heavy atom. The van der Waals surface area contributed by atoms with Crippen molar-refractivity contribution in [3.63, 3.8) is 0 Å². The summed E-state index contributed by atoms with van der Waals surface area (Å²) in [4.78, 5) is 0. The van der Waals surface area contributed by atoms with Gasteiger partial charge in [-0.05, 0) is 11.8 Å². The van der Waals surface area contributed by atoms with Crippen molar-refractivity contribution in [1.29, 1.82) is 0 Å². The predicted octanol–water partition coefficient (Wildman–Crippen LogP) is 7.65. The largest absolute Gasteiger partial charge is 0.328 e. The van der Waals surface area contributed by atoms with Crippen LogP contribution in [0.25, 0.3) is 0 Å². The van der Waals surface area contributed by atoms with E-state index >= 15 is 0 Å². The van der Waals surface area contributed by atoms with E-state index in [1.807, 2.05) is 0 Å². The number of hydrogen-bond donors (Lipinski definition) is 0. The zero-order valence-electron chi connectivity index (χ0n) is 16.2. The second kappa shape index (κ2) is 18.4. The van der Waals surface area contributed by atoms with E-state index in [9.17, 15) is 0 Å². The van der Waals surface area contributed by atoms with Crippen LogP contribution in [0, 0.1) is 24.3 Å². The van der Waals surface area contributed by atoms with Gasteiger partial charge in [-0.1, -0.05) is 74.7 Å². The van der Waals surface area contributed by atoms with Crippen molar-refractivity contribution in [3.8, 4) is 0 Å². The van der Waals surface area contributed by atoms with Gasteiger partial charge in [0.05, 0.1) is 0 Å². The first-order chi connectivity index (χ1) is 9.73. The monoisotopic (exact) mass is 694 g/mol. The van der Waals surface area contributed by atoms with Crippen LogP contribution in [0.1, 0.15) is 98.6 Å². The first-order valence-electron chi connectivity index (χ1n) is 8.57. The van der Waals surface area contributed by atoms with Gasteiger partial charge in [0, 0.05) is 42.1 Å². The van der Waals surface area contributed by atoms with Crippen molar-refractivity contribution in [2.45, 2.75) is 87.5 Å². The van der Waals surface area contributed by atoms with Crippen LogP contribution in [0.2, 0.25) is 0 Å². The van der Waals surface area contributed by atoms with E-state index in [4.69, 9.17) is 0 Å². The molecule has 0 spiro atoms. The van der Waals surface area contributed by atoms with Crippen molar-refractivity contribution in [3.05, 3.63) is 41.8 Å². The Balaban J connectivity index is -0.000000153. The number of hydrogen-bond acceptors (Lipinski definition) is 0. The molecule has 0 unspecified atom stereocenters. The normalized spacial score (nSPS) is 9.83. The minimum absolute atomic E-state index is 0. The van der Waals surface area contributed by atoms with Gasteiger partial charge in [0.25, 0.3) is 0 Å². The summed E-state index contributed by atoms with van der Waals surface area (Å²) in [6.45, 7) is 17.9. The van der Waals surface area contributed by atoms with Crippen molar-refractivity contribution in [2.75, 3.05) is 0 Å². The Morgan fingerprint density at radius 1 is 0.750 bits per heavy atom. The molecule has 0 aliphatic rings. The van der Waals surface area contributed by atoms with Gasteiger partial charge in [0.1, 0.15) is 0 Å². The molecule has 0 heterocycles. The molecular weight excluding hydrogens is 654 g/mol. The van der Waals surface area contributed by atoms with E-state index in [0.29, 0.717) is 11.8 Å². The molecule has 0 saturated heterocycles. The average molecular weight is 695 g/mol. The summed E-state index contributed by atoms with van der Waals surface area (Å²) in [6, 6.07) is 9.87.